The number of hydrogen-bond donors (Lipinski definition) is 1. The van der Waals surface area contributed by atoms with Crippen molar-refractivity contribution >= 4 is 7.32 Å². The van der Waals surface area contributed by atoms with Gasteiger partial charge in [0.15, 0.2) is 0 Å². The highest BCUT2D eigenvalue weighted by atomic mass is 19.4. The van der Waals surface area contributed by atoms with Crippen LogP contribution in [0, 0.1) is 0 Å². The maximum atomic E-state index is 11.0. The Kier molecular flexibility index (Phi) is 2.95. The Morgan fingerprint density at radius 3 is 2.00 bits per heavy atom. The molecule has 0 amide bonds. The Balaban J connectivity index is 3.47. The molecule has 0 radical (unpaired) electrons. The van der Waals surface area contributed by atoms with E-state index in [1.54, 1.807) is 0 Å². The molecule has 0 heterocycles. The van der Waals surface area contributed by atoms with E-state index in [0.29, 0.717) is 0 Å². The predicted molar refractivity (Wildman–Crippen MR) is 22.1 cm³/mol. The molecule has 0 rings (SSSR count). The lowest BCUT2D eigenvalue weighted by atomic mass is 10.2. The summed E-state index contributed by atoms with van der Waals surface area (Å²) in [7, 11) is -1.35. The first-order chi connectivity index (χ1) is 3.95. The maximum absolute atomic E-state index is 11.0. The van der Waals surface area contributed by atoms with Gasteiger partial charge < -0.3 is 9.68 Å². The van der Waals surface area contributed by atoms with Crippen molar-refractivity contribution in [2.75, 3.05) is 7.11 Å². The van der Waals surface area contributed by atoms with Crippen LogP contribution in [-0.4, -0.2) is 25.8 Å². The van der Waals surface area contributed by atoms with E-state index in [1.807, 2.05) is 0 Å². The molecule has 0 fully saturated rings. The van der Waals surface area contributed by atoms with Crippen LogP contribution in [-0.2, 0) is 9.31 Å². The highest BCUT2D eigenvalue weighted by molar-refractivity contribution is 6.34. The first kappa shape index (κ1) is 8.73. The number of alkyl halides is 3. The van der Waals surface area contributed by atoms with Gasteiger partial charge in [0.2, 0.25) is 0 Å². The molecule has 0 aliphatic carbocycles. The molecule has 1 N–H and O–H groups in total. The summed E-state index contributed by atoms with van der Waals surface area (Å²) in [6.45, 7) is 0. The summed E-state index contributed by atoms with van der Waals surface area (Å²) in [4.78, 5) is 0. The van der Waals surface area contributed by atoms with E-state index in [2.05, 4.69) is 9.31 Å². The third kappa shape index (κ3) is 5.61. The van der Waals surface area contributed by atoms with E-state index in [0.717, 1.165) is 7.11 Å². The van der Waals surface area contributed by atoms with Crippen LogP contribution < -0.4 is 0 Å². The van der Waals surface area contributed by atoms with Crippen molar-refractivity contribution in [2.45, 2.75) is 6.36 Å². The quantitative estimate of drug-likeness (QED) is 0.560. The van der Waals surface area contributed by atoms with Gasteiger partial charge in [0.25, 0.3) is 0 Å². The molecular formula is C2H4BF3O3. The fraction of sp³-hybridized carbons (Fsp3) is 1.00. The molecule has 0 aromatic rings. The van der Waals surface area contributed by atoms with Gasteiger partial charge >= 0.3 is 13.7 Å². The van der Waals surface area contributed by atoms with Crippen molar-refractivity contribution < 1.29 is 27.5 Å². The van der Waals surface area contributed by atoms with Crippen molar-refractivity contribution in [3.63, 3.8) is 0 Å². The van der Waals surface area contributed by atoms with Crippen LogP contribution >= 0.6 is 0 Å². The first-order valence-corrected chi connectivity index (χ1v) is 1.91. The third-order valence-electron chi connectivity index (χ3n) is 0.436. The second-order valence-electron chi connectivity index (χ2n) is 1.11. The minimum atomic E-state index is -4.85. The van der Waals surface area contributed by atoms with E-state index in [1.165, 1.54) is 0 Å². The van der Waals surface area contributed by atoms with Gasteiger partial charge in [-0.2, -0.15) is 0 Å². The van der Waals surface area contributed by atoms with Crippen LogP contribution in [0.15, 0.2) is 0 Å². The van der Waals surface area contributed by atoms with Gasteiger partial charge in [-0.15, -0.1) is 13.2 Å². The largest absolute Gasteiger partial charge is 0.642 e. The van der Waals surface area contributed by atoms with E-state index < -0.39 is 13.7 Å². The van der Waals surface area contributed by atoms with Gasteiger partial charge in [0.1, 0.15) is 0 Å². The molecule has 0 saturated heterocycles. The van der Waals surface area contributed by atoms with Crippen molar-refractivity contribution in [2.24, 2.45) is 0 Å². The summed E-state index contributed by atoms with van der Waals surface area (Å²) >= 11 is 0. The highest BCUT2D eigenvalue weighted by Gasteiger charge is 2.36. The Morgan fingerprint density at radius 2 is 1.89 bits per heavy atom. The van der Waals surface area contributed by atoms with E-state index in [9.17, 15) is 13.2 Å². The van der Waals surface area contributed by atoms with Crippen molar-refractivity contribution in [3.8, 4) is 0 Å². The zero-order valence-corrected chi connectivity index (χ0v) is 4.47. The van der Waals surface area contributed by atoms with Crippen molar-refractivity contribution in [1.82, 2.24) is 0 Å². The normalized spacial score (nSPS) is 11.7. The van der Waals surface area contributed by atoms with Crippen LogP contribution in [0.5, 0.6) is 0 Å². The minimum Gasteiger partial charge on any atom is -0.401 e. The number of rotatable bonds is 2. The summed E-state index contributed by atoms with van der Waals surface area (Å²) in [6, 6.07) is 0. The fourth-order valence-electron chi connectivity index (χ4n) is 0.162. The number of hydrogen-bond acceptors (Lipinski definition) is 3. The maximum Gasteiger partial charge on any atom is 0.642 e. The Bertz CT molecular complexity index is 83.6. The zero-order chi connectivity index (χ0) is 7.49. The monoisotopic (exact) mass is 144 g/mol. The SMILES string of the molecule is COB(O)OC(F)(F)F. The molecule has 9 heavy (non-hydrogen) atoms. The smallest absolute Gasteiger partial charge is 0.401 e. The van der Waals surface area contributed by atoms with Gasteiger partial charge in [-0.05, 0) is 0 Å². The molecule has 0 aromatic carbocycles. The van der Waals surface area contributed by atoms with Crippen LogP contribution in [0.4, 0.5) is 13.2 Å². The standard InChI is InChI=1S/C2H4BF3O3/c1-8-3(7)9-2(4,5)6/h7H,1H3. The Hall–Kier alpha value is -0.265. The van der Waals surface area contributed by atoms with Gasteiger partial charge in [-0.1, -0.05) is 0 Å². The topological polar surface area (TPSA) is 38.7 Å². The van der Waals surface area contributed by atoms with Crippen LogP contribution in [0.1, 0.15) is 0 Å². The summed E-state index contributed by atoms with van der Waals surface area (Å²) in [5.41, 5.74) is 0. The highest BCUT2D eigenvalue weighted by Crippen LogP contribution is 2.16. The Labute approximate surface area is 49.5 Å². The average molecular weight is 144 g/mol. The summed E-state index contributed by atoms with van der Waals surface area (Å²) in [5, 5.41) is 8.03. The molecule has 0 saturated carbocycles. The van der Waals surface area contributed by atoms with Crippen LogP contribution in [0.2, 0.25) is 0 Å². The molecule has 0 atom stereocenters. The molecule has 54 valence electrons. The lowest BCUT2D eigenvalue weighted by Gasteiger charge is -2.06. The van der Waals surface area contributed by atoms with Gasteiger partial charge in [0, 0.05) is 7.11 Å². The molecule has 0 bridgehead atoms. The minimum absolute atomic E-state index is 0.885. The van der Waals surface area contributed by atoms with E-state index in [-0.39, 0.29) is 0 Å². The molecular weight excluding hydrogens is 140 g/mol. The lowest BCUT2D eigenvalue weighted by molar-refractivity contribution is -0.289. The van der Waals surface area contributed by atoms with Crippen molar-refractivity contribution in [3.05, 3.63) is 0 Å². The second kappa shape index (κ2) is 3.04. The zero-order valence-electron chi connectivity index (χ0n) is 4.47. The van der Waals surface area contributed by atoms with E-state index >= 15 is 0 Å². The Morgan fingerprint density at radius 1 is 1.44 bits per heavy atom. The summed E-state index contributed by atoms with van der Waals surface area (Å²) in [6.07, 6.45) is -4.85. The summed E-state index contributed by atoms with van der Waals surface area (Å²) < 4.78 is 39.8. The first-order valence-electron chi connectivity index (χ1n) is 1.91. The average Bonchev–Trinajstić information content (AvgIpc) is 1.62. The predicted octanol–water partition coefficient (Wildman–Crippen LogP) is 0.146. The third-order valence-corrected chi connectivity index (χ3v) is 0.436. The fourth-order valence-corrected chi connectivity index (χ4v) is 0.162. The van der Waals surface area contributed by atoms with Crippen molar-refractivity contribution in [1.29, 1.82) is 0 Å². The molecule has 0 aromatic heterocycles. The van der Waals surface area contributed by atoms with Gasteiger partial charge in [0.05, 0.1) is 0 Å². The van der Waals surface area contributed by atoms with Gasteiger partial charge in [-0.25, -0.2) is 0 Å². The molecule has 0 spiro atoms. The molecule has 0 aliphatic heterocycles. The molecule has 0 unspecified atom stereocenters. The lowest BCUT2D eigenvalue weighted by Crippen LogP contribution is -2.29. The van der Waals surface area contributed by atoms with Crippen LogP contribution in [0.3, 0.4) is 0 Å². The number of halogens is 3. The molecule has 3 nitrogen and oxygen atoms in total. The van der Waals surface area contributed by atoms with Gasteiger partial charge in [-0.3, -0.25) is 4.65 Å². The molecule has 7 heteroatoms. The van der Waals surface area contributed by atoms with Crippen LogP contribution in [0.25, 0.3) is 0 Å². The molecule has 0 aliphatic rings. The van der Waals surface area contributed by atoms with E-state index in [4.69, 9.17) is 5.02 Å². The summed E-state index contributed by atoms with van der Waals surface area (Å²) in [5.74, 6) is 0. The second-order valence-corrected chi connectivity index (χ2v) is 1.11.